The van der Waals surface area contributed by atoms with Crippen molar-refractivity contribution in [1.29, 1.82) is 0 Å². The van der Waals surface area contributed by atoms with Crippen molar-refractivity contribution in [2.75, 3.05) is 6.54 Å². The molecular formula is C22H20N4O2S. The minimum atomic E-state index is -0.341. The Morgan fingerprint density at radius 2 is 2.17 bits per heavy atom. The lowest BCUT2D eigenvalue weighted by Gasteiger charge is -2.33. The number of H-pyrrole nitrogens is 1. The largest absolute Gasteiger partial charge is 0.458 e. The Bertz CT molecular complexity index is 1200. The standard InChI is InChI=1S/C22H20N4O2S/c1-22(7-8-22)21-23-11-17(29-21)20(27)26-9-6-14-18(25-12-24-14)19(26)16-10-13-4-2-3-5-15(13)28-16/h2-5,10-12,19H,6-9H2,1H3,(H,24,25)/t19-/m1/s1. The molecule has 1 saturated carbocycles. The monoisotopic (exact) mass is 404 g/mol. The van der Waals surface area contributed by atoms with E-state index in [2.05, 4.69) is 21.9 Å². The molecule has 1 aliphatic carbocycles. The van der Waals surface area contributed by atoms with Gasteiger partial charge in [-0.15, -0.1) is 11.3 Å². The molecule has 1 atom stereocenters. The second-order valence-corrected chi connectivity index (χ2v) is 9.22. The van der Waals surface area contributed by atoms with Gasteiger partial charge in [-0.1, -0.05) is 25.1 Å². The minimum absolute atomic E-state index is 0.00268. The Morgan fingerprint density at radius 3 is 3.00 bits per heavy atom. The van der Waals surface area contributed by atoms with Gasteiger partial charge in [0.25, 0.3) is 5.91 Å². The summed E-state index contributed by atoms with van der Waals surface area (Å²) in [5.41, 5.74) is 2.91. The number of hydrogen-bond donors (Lipinski definition) is 1. The molecule has 1 N–H and O–H groups in total. The van der Waals surface area contributed by atoms with Crippen LogP contribution in [0.25, 0.3) is 11.0 Å². The van der Waals surface area contributed by atoms with Gasteiger partial charge in [-0.05, 0) is 25.0 Å². The first-order valence-electron chi connectivity index (χ1n) is 9.90. The highest BCUT2D eigenvalue weighted by Crippen LogP contribution is 2.49. The third-order valence-corrected chi connectivity index (χ3v) is 7.42. The normalized spacial score (nSPS) is 20.0. The Balaban J connectivity index is 1.42. The van der Waals surface area contributed by atoms with Crippen molar-refractivity contribution in [2.45, 2.75) is 37.6 Å². The van der Waals surface area contributed by atoms with Crippen LogP contribution in [0.15, 0.2) is 47.3 Å². The lowest BCUT2D eigenvalue weighted by Crippen LogP contribution is -2.40. The first kappa shape index (κ1) is 17.0. The van der Waals surface area contributed by atoms with E-state index in [9.17, 15) is 4.79 Å². The van der Waals surface area contributed by atoms with Gasteiger partial charge in [0.2, 0.25) is 0 Å². The number of para-hydroxylation sites is 1. The number of aromatic amines is 1. The van der Waals surface area contributed by atoms with E-state index in [1.54, 1.807) is 12.5 Å². The molecule has 0 unspecified atom stereocenters. The summed E-state index contributed by atoms with van der Waals surface area (Å²) in [6.07, 6.45) is 6.49. The number of carbonyl (C=O) groups is 1. The maximum Gasteiger partial charge on any atom is 0.266 e. The molecule has 1 aromatic carbocycles. The van der Waals surface area contributed by atoms with Gasteiger partial charge >= 0.3 is 0 Å². The first-order chi connectivity index (χ1) is 14.1. The zero-order chi connectivity index (χ0) is 19.6. The lowest BCUT2D eigenvalue weighted by molar-refractivity contribution is 0.0677. The van der Waals surface area contributed by atoms with E-state index in [1.807, 2.05) is 35.2 Å². The second kappa shape index (κ2) is 6.03. The fourth-order valence-electron chi connectivity index (χ4n) is 4.12. The Hall–Kier alpha value is -2.93. The molecule has 4 heterocycles. The number of furan rings is 1. The number of hydrogen-bond acceptors (Lipinski definition) is 5. The number of thiazole rings is 1. The number of amides is 1. The van der Waals surface area contributed by atoms with Crippen LogP contribution in [0.1, 0.15) is 57.6 Å². The second-order valence-electron chi connectivity index (χ2n) is 8.19. The molecular weight excluding hydrogens is 384 g/mol. The molecule has 146 valence electrons. The van der Waals surface area contributed by atoms with Crippen LogP contribution >= 0.6 is 11.3 Å². The van der Waals surface area contributed by atoms with Crippen molar-refractivity contribution in [1.82, 2.24) is 19.9 Å². The predicted molar refractivity (Wildman–Crippen MR) is 110 cm³/mol. The number of rotatable bonds is 3. The van der Waals surface area contributed by atoms with Gasteiger partial charge in [-0.3, -0.25) is 4.79 Å². The highest BCUT2D eigenvalue weighted by atomic mass is 32.1. The van der Waals surface area contributed by atoms with Crippen molar-refractivity contribution in [3.63, 3.8) is 0 Å². The van der Waals surface area contributed by atoms with Gasteiger partial charge in [-0.2, -0.15) is 0 Å². The third-order valence-electron chi connectivity index (χ3n) is 6.13. The number of aromatic nitrogens is 3. The zero-order valence-electron chi connectivity index (χ0n) is 16.0. The number of imidazole rings is 1. The highest BCUT2D eigenvalue weighted by Gasteiger charge is 2.43. The average molecular weight is 404 g/mol. The SMILES string of the molecule is CC1(c2ncc(C(=O)N3CCc4[nH]cnc4[C@H]3c3cc4ccccc4o3)s2)CC1. The summed E-state index contributed by atoms with van der Waals surface area (Å²) >= 11 is 1.53. The summed E-state index contributed by atoms with van der Waals surface area (Å²) in [5.74, 6) is 0.739. The smallest absolute Gasteiger partial charge is 0.266 e. The van der Waals surface area contributed by atoms with Gasteiger partial charge in [0.05, 0.1) is 23.2 Å². The van der Waals surface area contributed by atoms with E-state index in [0.717, 1.165) is 52.4 Å². The van der Waals surface area contributed by atoms with Crippen LogP contribution in [0, 0.1) is 0 Å². The number of nitrogens with one attached hydrogen (secondary N) is 1. The van der Waals surface area contributed by atoms with Gasteiger partial charge in [0.15, 0.2) is 0 Å². The van der Waals surface area contributed by atoms with Crippen molar-refractivity contribution in [3.8, 4) is 0 Å². The molecule has 29 heavy (non-hydrogen) atoms. The summed E-state index contributed by atoms with van der Waals surface area (Å²) in [6.45, 7) is 2.83. The van der Waals surface area contributed by atoms with Crippen LogP contribution in [0.2, 0.25) is 0 Å². The molecule has 1 amide bonds. The molecule has 0 saturated heterocycles. The summed E-state index contributed by atoms with van der Waals surface area (Å²) in [5, 5.41) is 2.10. The van der Waals surface area contributed by atoms with Gasteiger partial charge < -0.3 is 14.3 Å². The summed E-state index contributed by atoms with van der Waals surface area (Å²) in [6, 6.07) is 9.60. The summed E-state index contributed by atoms with van der Waals surface area (Å²) in [7, 11) is 0. The molecule has 6 nitrogen and oxygen atoms in total. The number of fused-ring (bicyclic) bond motifs is 2. The zero-order valence-corrected chi connectivity index (χ0v) is 16.8. The molecule has 1 fully saturated rings. The van der Waals surface area contributed by atoms with Crippen molar-refractivity contribution in [3.05, 3.63) is 69.9 Å². The summed E-state index contributed by atoms with van der Waals surface area (Å²) < 4.78 is 6.16. The van der Waals surface area contributed by atoms with Crippen molar-refractivity contribution >= 4 is 28.2 Å². The topological polar surface area (TPSA) is 75.0 Å². The minimum Gasteiger partial charge on any atom is -0.458 e. The number of carbonyl (C=O) groups excluding carboxylic acids is 1. The molecule has 1 aliphatic heterocycles. The molecule has 2 aliphatic rings. The van der Waals surface area contributed by atoms with E-state index in [4.69, 9.17) is 4.42 Å². The first-order valence-corrected chi connectivity index (χ1v) is 10.7. The van der Waals surface area contributed by atoms with Gasteiger partial charge in [0, 0.05) is 29.5 Å². The predicted octanol–water partition coefficient (Wildman–Crippen LogP) is 4.45. The highest BCUT2D eigenvalue weighted by molar-refractivity contribution is 7.13. The quantitative estimate of drug-likeness (QED) is 0.547. The van der Waals surface area contributed by atoms with E-state index < -0.39 is 0 Å². The third kappa shape index (κ3) is 2.64. The van der Waals surface area contributed by atoms with E-state index in [0.29, 0.717) is 11.4 Å². The van der Waals surface area contributed by atoms with Crippen LogP contribution in [0.4, 0.5) is 0 Å². The summed E-state index contributed by atoms with van der Waals surface area (Å²) in [4.78, 5) is 28.4. The molecule has 0 spiro atoms. The Labute approximate surface area is 171 Å². The maximum absolute atomic E-state index is 13.5. The van der Waals surface area contributed by atoms with Crippen molar-refractivity contribution in [2.24, 2.45) is 0 Å². The number of nitrogens with zero attached hydrogens (tertiary/aromatic N) is 3. The van der Waals surface area contributed by atoms with E-state index in [-0.39, 0.29) is 17.4 Å². The van der Waals surface area contributed by atoms with E-state index >= 15 is 0 Å². The fourth-order valence-corrected chi connectivity index (χ4v) is 5.19. The van der Waals surface area contributed by atoms with Gasteiger partial charge in [-0.25, -0.2) is 9.97 Å². The van der Waals surface area contributed by atoms with Crippen LogP contribution in [0.5, 0.6) is 0 Å². The van der Waals surface area contributed by atoms with Crippen molar-refractivity contribution < 1.29 is 9.21 Å². The fraction of sp³-hybridized carbons (Fsp3) is 0.318. The molecule has 4 aromatic rings. The molecule has 0 radical (unpaired) electrons. The van der Waals surface area contributed by atoms with E-state index in [1.165, 1.54) is 11.3 Å². The van der Waals surface area contributed by atoms with Crippen LogP contribution < -0.4 is 0 Å². The lowest BCUT2D eigenvalue weighted by atomic mass is 10.00. The van der Waals surface area contributed by atoms with Gasteiger partial charge in [0.1, 0.15) is 22.3 Å². The maximum atomic E-state index is 13.5. The molecule has 6 rings (SSSR count). The molecule has 7 heteroatoms. The average Bonchev–Trinajstić information content (AvgIpc) is 3.20. The Kier molecular flexibility index (Phi) is 3.53. The molecule has 0 bridgehead atoms. The Morgan fingerprint density at radius 1 is 1.31 bits per heavy atom. The van der Waals surface area contributed by atoms with Crippen LogP contribution in [0.3, 0.4) is 0 Å². The number of benzene rings is 1. The van der Waals surface area contributed by atoms with Crippen LogP contribution in [-0.4, -0.2) is 32.3 Å². The van der Waals surface area contributed by atoms with Crippen LogP contribution in [-0.2, 0) is 11.8 Å². The molecule has 3 aromatic heterocycles.